The summed E-state index contributed by atoms with van der Waals surface area (Å²) in [5.74, 6) is -1.05. The molecule has 2 rings (SSSR count). The summed E-state index contributed by atoms with van der Waals surface area (Å²) in [5.41, 5.74) is 10.6. The molecule has 2 aromatic carbocycles. The Labute approximate surface area is 180 Å². The summed E-state index contributed by atoms with van der Waals surface area (Å²) in [6.45, 7) is 0.835. The van der Waals surface area contributed by atoms with Gasteiger partial charge in [0.2, 0.25) is 0 Å². The molecule has 29 heavy (non-hydrogen) atoms. The fourth-order valence-electron chi connectivity index (χ4n) is 2.37. The molecule has 10 heteroatoms. The van der Waals surface area contributed by atoms with Gasteiger partial charge in [0.15, 0.2) is 0 Å². The number of benzene rings is 2. The molecule has 0 saturated heterocycles. The monoisotopic (exact) mass is 448 g/mol. The minimum atomic E-state index is -0.587. The number of amidine groups is 2. The van der Waals surface area contributed by atoms with Crippen molar-refractivity contribution in [3.63, 3.8) is 0 Å². The zero-order chi connectivity index (χ0) is 19.8. The van der Waals surface area contributed by atoms with Crippen molar-refractivity contribution in [3.8, 4) is 11.5 Å². The first-order chi connectivity index (χ1) is 12.9. The van der Waals surface area contributed by atoms with Crippen LogP contribution >= 0.6 is 24.8 Å². The van der Waals surface area contributed by atoms with Gasteiger partial charge in [0.25, 0.3) is 0 Å². The van der Waals surface area contributed by atoms with E-state index in [0.29, 0.717) is 24.7 Å². The topological polar surface area (TPSA) is 118 Å². The van der Waals surface area contributed by atoms with Gasteiger partial charge in [-0.3, -0.25) is 10.8 Å². The summed E-state index contributed by atoms with van der Waals surface area (Å²) in [5, 5.41) is 14.5. The highest BCUT2D eigenvalue weighted by molar-refractivity contribution is 5.95. The fourth-order valence-corrected chi connectivity index (χ4v) is 2.37. The van der Waals surface area contributed by atoms with Gasteiger partial charge in [-0.25, -0.2) is 8.78 Å². The van der Waals surface area contributed by atoms with Crippen LogP contribution in [-0.2, 0) is 0 Å². The maximum atomic E-state index is 13.7. The van der Waals surface area contributed by atoms with Crippen molar-refractivity contribution in [2.45, 2.75) is 19.3 Å². The van der Waals surface area contributed by atoms with Crippen LogP contribution in [0.15, 0.2) is 36.4 Å². The largest absolute Gasteiger partial charge is 0.493 e. The lowest BCUT2D eigenvalue weighted by molar-refractivity contribution is 0.278. The smallest absolute Gasteiger partial charge is 0.137 e. The number of nitrogens with two attached hydrogens (primary N) is 2. The Balaban J connectivity index is 0.00000392. The van der Waals surface area contributed by atoms with Crippen molar-refractivity contribution < 1.29 is 18.3 Å². The predicted molar refractivity (Wildman–Crippen MR) is 114 cm³/mol. The van der Waals surface area contributed by atoms with E-state index in [9.17, 15) is 8.78 Å². The van der Waals surface area contributed by atoms with E-state index < -0.39 is 11.6 Å². The molecule has 0 atom stereocenters. The van der Waals surface area contributed by atoms with E-state index in [2.05, 4.69) is 0 Å². The van der Waals surface area contributed by atoms with E-state index in [1.807, 2.05) is 0 Å². The van der Waals surface area contributed by atoms with E-state index in [0.717, 1.165) is 19.3 Å². The molecule has 6 N–H and O–H groups in total. The SMILES string of the molecule is Cl.Cl.N=C(N)c1ccc(OCCCCCOc2ccc(C(=N)N)c(F)c2)cc1F. The second-order valence-corrected chi connectivity index (χ2v) is 5.87. The Hall–Kier alpha value is -2.58. The molecule has 0 radical (unpaired) electrons. The summed E-state index contributed by atoms with van der Waals surface area (Å²) >= 11 is 0. The Morgan fingerprint density at radius 3 is 1.41 bits per heavy atom. The molecule has 0 fully saturated rings. The average Bonchev–Trinajstić information content (AvgIpc) is 2.60. The summed E-state index contributed by atoms with van der Waals surface area (Å²) in [4.78, 5) is 0. The molecule has 0 aliphatic carbocycles. The summed E-state index contributed by atoms with van der Waals surface area (Å²) in [6, 6.07) is 8.39. The first-order valence-electron chi connectivity index (χ1n) is 8.42. The van der Waals surface area contributed by atoms with Crippen LogP contribution in [0.3, 0.4) is 0 Å². The van der Waals surface area contributed by atoms with Crippen molar-refractivity contribution in [3.05, 3.63) is 59.2 Å². The Kier molecular flexibility index (Phi) is 11.7. The molecule has 2 aromatic rings. The normalized spacial score (nSPS) is 9.72. The number of hydrogen-bond acceptors (Lipinski definition) is 4. The standard InChI is InChI=1S/C19H22F2N4O2.2ClH/c20-16-10-12(4-6-14(16)18(22)23)26-8-2-1-3-9-27-13-5-7-15(19(24)25)17(21)11-13;;/h4-7,10-11H,1-3,8-9H2,(H3,22,23)(H3,24,25);2*1H. The minimum Gasteiger partial charge on any atom is -0.493 e. The first-order valence-corrected chi connectivity index (χ1v) is 8.42. The number of nitrogen functional groups attached to an aromatic ring is 2. The van der Waals surface area contributed by atoms with Gasteiger partial charge in [-0.2, -0.15) is 0 Å². The van der Waals surface area contributed by atoms with E-state index in [4.69, 9.17) is 31.8 Å². The highest BCUT2D eigenvalue weighted by Gasteiger charge is 2.07. The predicted octanol–water partition coefficient (Wildman–Crippen LogP) is 4.00. The van der Waals surface area contributed by atoms with Crippen LogP contribution in [0.5, 0.6) is 11.5 Å². The summed E-state index contributed by atoms with van der Waals surface area (Å²) in [6.07, 6.45) is 2.32. The van der Waals surface area contributed by atoms with Crippen molar-refractivity contribution in [1.29, 1.82) is 10.8 Å². The van der Waals surface area contributed by atoms with Gasteiger partial charge >= 0.3 is 0 Å². The number of rotatable bonds is 10. The van der Waals surface area contributed by atoms with E-state index >= 15 is 0 Å². The molecule has 0 aliphatic heterocycles. The second-order valence-electron chi connectivity index (χ2n) is 5.87. The molecular weight excluding hydrogens is 425 g/mol. The molecule has 6 nitrogen and oxygen atoms in total. The molecule has 0 heterocycles. The molecule has 160 valence electrons. The third-order valence-electron chi connectivity index (χ3n) is 3.79. The number of ether oxygens (including phenoxy) is 2. The number of halogens is 4. The molecule has 0 spiro atoms. The van der Waals surface area contributed by atoms with Crippen LogP contribution in [0.25, 0.3) is 0 Å². The summed E-state index contributed by atoms with van der Waals surface area (Å²) < 4.78 is 38.3. The average molecular weight is 449 g/mol. The van der Waals surface area contributed by atoms with Crippen LogP contribution < -0.4 is 20.9 Å². The number of nitrogens with one attached hydrogen (secondary N) is 2. The fraction of sp³-hybridized carbons (Fsp3) is 0.263. The molecule has 0 aromatic heterocycles. The van der Waals surface area contributed by atoms with Crippen molar-refractivity contribution in [1.82, 2.24) is 0 Å². The van der Waals surface area contributed by atoms with Gasteiger partial charge < -0.3 is 20.9 Å². The van der Waals surface area contributed by atoms with Gasteiger partial charge in [-0.05, 0) is 43.5 Å². The lowest BCUT2D eigenvalue weighted by atomic mass is 10.2. The lowest BCUT2D eigenvalue weighted by Crippen LogP contribution is -2.13. The Morgan fingerprint density at radius 1 is 0.724 bits per heavy atom. The van der Waals surface area contributed by atoms with Crippen LogP contribution in [-0.4, -0.2) is 24.9 Å². The van der Waals surface area contributed by atoms with E-state index in [-0.39, 0.29) is 47.6 Å². The first kappa shape index (κ1) is 26.4. The maximum absolute atomic E-state index is 13.7. The van der Waals surface area contributed by atoms with Gasteiger partial charge in [-0.15, -0.1) is 24.8 Å². The quantitative estimate of drug-likeness (QED) is 0.249. The van der Waals surface area contributed by atoms with E-state index in [1.54, 1.807) is 12.1 Å². The second kappa shape index (κ2) is 12.8. The lowest BCUT2D eigenvalue weighted by Gasteiger charge is -2.09. The van der Waals surface area contributed by atoms with Crippen LogP contribution in [0.4, 0.5) is 8.78 Å². The van der Waals surface area contributed by atoms with Crippen molar-refractivity contribution in [2.24, 2.45) is 11.5 Å². The van der Waals surface area contributed by atoms with Crippen LogP contribution in [0.1, 0.15) is 30.4 Å². The van der Waals surface area contributed by atoms with Crippen molar-refractivity contribution in [2.75, 3.05) is 13.2 Å². The zero-order valence-electron chi connectivity index (χ0n) is 15.5. The van der Waals surface area contributed by atoms with Crippen LogP contribution in [0.2, 0.25) is 0 Å². The molecular formula is C19H24Cl2F2N4O2. The van der Waals surface area contributed by atoms with Gasteiger partial charge in [-0.1, -0.05) is 0 Å². The van der Waals surface area contributed by atoms with E-state index in [1.165, 1.54) is 24.3 Å². The van der Waals surface area contributed by atoms with Gasteiger partial charge in [0.05, 0.1) is 24.3 Å². The molecule has 0 saturated carbocycles. The van der Waals surface area contributed by atoms with Gasteiger partial charge in [0, 0.05) is 12.1 Å². The van der Waals surface area contributed by atoms with Crippen molar-refractivity contribution >= 4 is 36.5 Å². The Morgan fingerprint density at radius 2 is 1.10 bits per heavy atom. The van der Waals surface area contributed by atoms with Gasteiger partial charge in [0.1, 0.15) is 34.8 Å². The summed E-state index contributed by atoms with van der Waals surface area (Å²) in [7, 11) is 0. The minimum absolute atomic E-state index is 0. The number of unbranched alkanes of at least 4 members (excludes halogenated alkanes) is 2. The zero-order valence-corrected chi connectivity index (χ0v) is 17.2. The maximum Gasteiger partial charge on any atom is 0.137 e. The van der Waals surface area contributed by atoms with Crippen LogP contribution in [0, 0.1) is 22.5 Å². The number of hydrogen-bond donors (Lipinski definition) is 4. The molecule has 0 bridgehead atoms. The molecule has 0 amide bonds. The highest BCUT2D eigenvalue weighted by atomic mass is 35.5. The molecule has 0 aliphatic rings. The third kappa shape index (κ3) is 8.13. The Bertz CT molecular complexity index is 770. The molecule has 0 unspecified atom stereocenters. The highest BCUT2D eigenvalue weighted by Crippen LogP contribution is 2.18. The third-order valence-corrected chi connectivity index (χ3v) is 3.79.